The number of para-hydroxylation sites is 1. The summed E-state index contributed by atoms with van der Waals surface area (Å²) in [5, 5.41) is 4.42. The zero-order chi connectivity index (χ0) is 25.4. The Bertz CT molecular complexity index is 1640. The van der Waals surface area contributed by atoms with Crippen LogP contribution in [0.1, 0.15) is 35.7 Å². The van der Waals surface area contributed by atoms with Gasteiger partial charge in [-0.15, -0.1) is 0 Å². The number of amides is 1. The minimum Gasteiger partial charge on any atom is -0.497 e. The van der Waals surface area contributed by atoms with Gasteiger partial charge in [0.05, 0.1) is 19.9 Å². The Morgan fingerprint density at radius 3 is 2.22 bits per heavy atom. The SMILES string of the molecule is COc1cc(OC)cc(C(=O)Nc2c(-c3cc(=O)oc4ccc(C(C)C)cc34)oc3ccccc23)c1. The van der Waals surface area contributed by atoms with E-state index in [0.717, 1.165) is 10.9 Å². The highest BCUT2D eigenvalue weighted by atomic mass is 16.5. The predicted octanol–water partition coefficient (Wildman–Crippen LogP) is 6.60. The van der Waals surface area contributed by atoms with Crippen LogP contribution in [-0.4, -0.2) is 20.1 Å². The number of hydrogen-bond acceptors (Lipinski definition) is 6. The van der Waals surface area contributed by atoms with Crippen molar-refractivity contribution in [1.29, 1.82) is 0 Å². The fourth-order valence-electron chi connectivity index (χ4n) is 4.21. The number of nitrogens with one attached hydrogen (secondary N) is 1. The molecule has 7 nitrogen and oxygen atoms in total. The Morgan fingerprint density at radius 2 is 1.53 bits per heavy atom. The van der Waals surface area contributed by atoms with Gasteiger partial charge in [-0.25, -0.2) is 4.79 Å². The van der Waals surface area contributed by atoms with Crippen LogP contribution < -0.4 is 20.4 Å². The topological polar surface area (TPSA) is 90.9 Å². The lowest BCUT2D eigenvalue weighted by Gasteiger charge is -2.11. The van der Waals surface area contributed by atoms with Crippen molar-refractivity contribution >= 4 is 33.5 Å². The van der Waals surface area contributed by atoms with E-state index < -0.39 is 5.63 Å². The lowest BCUT2D eigenvalue weighted by Crippen LogP contribution is -2.13. The molecule has 0 spiro atoms. The second-order valence-electron chi connectivity index (χ2n) is 8.75. The summed E-state index contributed by atoms with van der Waals surface area (Å²) in [4.78, 5) is 25.9. The highest BCUT2D eigenvalue weighted by Gasteiger charge is 2.22. The number of carbonyl (C=O) groups is 1. The summed E-state index contributed by atoms with van der Waals surface area (Å²) in [6, 6.07) is 19.4. The van der Waals surface area contributed by atoms with E-state index in [4.69, 9.17) is 18.3 Å². The smallest absolute Gasteiger partial charge is 0.336 e. The first-order chi connectivity index (χ1) is 17.4. The van der Waals surface area contributed by atoms with Crippen LogP contribution in [0.2, 0.25) is 0 Å². The van der Waals surface area contributed by atoms with E-state index in [-0.39, 0.29) is 11.8 Å². The number of hydrogen-bond donors (Lipinski definition) is 1. The summed E-state index contributed by atoms with van der Waals surface area (Å²) >= 11 is 0. The van der Waals surface area contributed by atoms with E-state index in [9.17, 15) is 9.59 Å². The number of furan rings is 1. The van der Waals surface area contributed by atoms with E-state index in [1.165, 1.54) is 20.3 Å². The van der Waals surface area contributed by atoms with Crippen molar-refractivity contribution < 1.29 is 23.1 Å². The fraction of sp³-hybridized carbons (Fsp3) is 0.172. The molecule has 0 atom stereocenters. The summed E-state index contributed by atoms with van der Waals surface area (Å²) in [5.74, 6) is 1.25. The number of carbonyl (C=O) groups excluding carboxylic acids is 1. The highest BCUT2D eigenvalue weighted by molar-refractivity contribution is 6.13. The number of methoxy groups -OCH3 is 2. The van der Waals surface area contributed by atoms with Gasteiger partial charge in [0.2, 0.25) is 0 Å². The molecule has 36 heavy (non-hydrogen) atoms. The Labute approximate surface area is 207 Å². The summed E-state index contributed by atoms with van der Waals surface area (Å²) in [6.07, 6.45) is 0. The van der Waals surface area contributed by atoms with Gasteiger partial charge in [0.25, 0.3) is 5.91 Å². The van der Waals surface area contributed by atoms with E-state index in [0.29, 0.717) is 50.6 Å². The van der Waals surface area contributed by atoms with E-state index >= 15 is 0 Å². The maximum Gasteiger partial charge on any atom is 0.336 e. The van der Waals surface area contributed by atoms with Crippen LogP contribution in [0, 0.1) is 0 Å². The molecule has 0 aliphatic carbocycles. The molecular weight excluding hydrogens is 458 g/mol. The van der Waals surface area contributed by atoms with Crippen molar-refractivity contribution in [2.75, 3.05) is 19.5 Å². The monoisotopic (exact) mass is 483 g/mol. The minimum absolute atomic E-state index is 0.270. The van der Waals surface area contributed by atoms with E-state index in [1.54, 1.807) is 24.3 Å². The van der Waals surface area contributed by atoms with Gasteiger partial charge in [0.15, 0.2) is 5.76 Å². The lowest BCUT2D eigenvalue weighted by atomic mass is 9.98. The molecule has 2 aromatic heterocycles. The average Bonchev–Trinajstić information content (AvgIpc) is 3.25. The van der Waals surface area contributed by atoms with Gasteiger partial charge in [-0.1, -0.05) is 32.0 Å². The molecule has 5 rings (SSSR count). The van der Waals surface area contributed by atoms with Crippen molar-refractivity contribution in [2.24, 2.45) is 0 Å². The molecule has 7 heteroatoms. The second kappa shape index (κ2) is 9.26. The van der Waals surface area contributed by atoms with Crippen LogP contribution in [0.15, 0.2) is 80.4 Å². The molecule has 0 fully saturated rings. The predicted molar refractivity (Wildman–Crippen MR) is 139 cm³/mol. The van der Waals surface area contributed by atoms with Crippen LogP contribution in [0.3, 0.4) is 0 Å². The van der Waals surface area contributed by atoms with E-state index in [2.05, 4.69) is 19.2 Å². The third-order valence-corrected chi connectivity index (χ3v) is 6.13. The molecule has 1 amide bonds. The van der Waals surface area contributed by atoms with Gasteiger partial charge in [0, 0.05) is 34.0 Å². The zero-order valence-electron chi connectivity index (χ0n) is 20.4. The molecule has 0 saturated heterocycles. The third-order valence-electron chi connectivity index (χ3n) is 6.13. The number of fused-ring (bicyclic) bond motifs is 2. The minimum atomic E-state index is -0.509. The Morgan fingerprint density at radius 1 is 0.833 bits per heavy atom. The van der Waals surface area contributed by atoms with Crippen molar-refractivity contribution in [3.05, 3.63) is 88.3 Å². The first-order valence-corrected chi connectivity index (χ1v) is 11.5. The molecular formula is C29H25NO6. The van der Waals surface area contributed by atoms with Gasteiger partial charge >= 0.3 is 5.63 Å². The molecule has 0 radical (unpaired) electrons. The summed E-state index contributed by atoms with van der Waals surface area (Å²) in [6.45, 7) is 4.18. The molecule has 0 aliphatic heterocycles. The third kappa shape index (κ3) is 4.20. The molecule has 0 aliphatic rings. The van der Waals surface area contributed by atoms with E-state index in [1.807, 2.05) is 36.4 Å². The van der Waals surface area contributed by atoms with Gasteiger partial charge in [-0.05, 0) is 47.9 Å². The largest absolute Gasteiger partial charge is 0.497 e. The Kier molecular flexibility index (Phi) is 5.98. The molecule has 3 aromatic carbocycles. The van der Waals surface area contributed by atoms with Crippen LogP contribution in [0.5, 0.6) is 11.5 Å². The maximum absolute atomic E-state index is 13.4. The fourth-order valence-corrected chi connectivity index (χ4v) is 4.21. The highest BCUT2D eigenvalue weighted by Crippen LogP contribution is 2.41. The normalized spacial score (nSPS) is 11.2. The van der Waals surface area contributed by atoms with Crippen molar-refractivity contribution in [3.63, 3.8) is 0 Å². The van der Waals surface area contributed by atoms with Crippen LogP contribution in [0.25, 0.3) is 33.3 Å². The molecule has 182 valence electrons. The van der Waals surface area contributed by atoms with Crippen LogP contribution >= 0.6 is 0 Å². The maximum atomic E-state index is 13.4. The van der Waals surface area contributed by atoms with Gasteiger partial charge in [0.1, 0.15) is 22.7 Å². The van der Waals surface area contributed by atoms with Crippen molar-refractivity contribution in [2.45, 2.75) is 19.8 Å². The number of rotatable bonds is 6. The summed E-state index contributed by atoms with van der Waals surface area (Å²) < 4.78 is 22.3. The van der Waals surface area contributed by atoms with Crippen LogP contribution in [-0.2, 0) is 0 Å². The van der Waals surface area contributed by atoms with Crippen molar-refractivity contribution in [1.82, 2.24) is 0 Å². The Hall–Kier alpha value is -4.52. The van der Waals surface area contributed by atoms with Crippen LogP contribution in [0.4, 0.5) is 5.69 Å². The Balaban J connectivity index is 1.70. The average molecular weight is 484 g/mol. The van der Waals surface area contributed by atoms with Gasteiger partial charge in [-0.2, -0.15) is 0 Å². The molecule has 0 saturated carbocycles. The van der Waals surface area contributed by atoms with Gasteiger partial charge in [-0.3, -0.25) is 4.79 Å². The number of benzene rings is 3. The first-order valence-electron chi connectivity index (χ1n) is 11.5. The standard InChI is InChI=1S/C29H25NO6/c1-16(2)17-9-10-25-22(13-17)23(15-26(31)35-25)28-27(21-7-5-6-8-24(21)36-28)30-29(32)18-11-19(33-3)14-20(12-18)34-4/h5-16H,1-4H3,(H,30,32). The first kappa shape index (κ1) is 23.2. The van der Waals surface area contributed by atoms with Gasteiger partial charge < -0.3 is 23.6 Å². The number of anilines is 1. The number of ether oxygens (including phenoxy) is 2. The molecule has 5 aromatic rings. The summed E-state index contributed by atoms with van der Waals surface area (Å²) in [7, 11) is 3.05. The molecule has 0 bridgehead atoms. The van der Waals surface area contributed by atoms with Crippen molar-refractivity contribution in [3.8, 4) is 22.8 Å². The molecule has 1 N–H and O–H groups in total. The summed E-state index contributed by atoms with van der Waals surface area (Å²) in [5.41, 5.74) is 2.94. The quantitative estimate of drug-likeness (QED) is 0.274. The second-order valence-corrected chi connectivity index (χ2v) is 8.75. The molecule has 2 heterocycles. The lowest BCUT2D eigenvalue weighted by molar-refractivity contribution is 0.102. The zero-order valence-corrected chi connectivity index (χ0v) is 20.4. The molecule has 0 unspecified atom stereocenters.